The van der Waals surface area contributed by atoms with Crippen LogP contribution in [0.3, 0.4) is 0 Å². The molecule has 0 aliphatic carbocycles. The van der Waals surface area contributed by atoms with Crippen molar-refractivity contribution in [1.29, 1.82) is 0 Å². The number of hydrogen-bond acceptors (Lipinski definition) is 5. The normalized spacial score (nSPS) is 26.1. The molecule has 0 spiro atoms. The van der Waals surface area contributed by atoms with Crippen LogP contribution >= 0.6 is 0 Å². The minimum atomic E-state index is -0.969. The zero-order valence-corrected chi connectivity index (χ0v) is 16.4. The molecule has 3 heterocycles. The number of aromatic nitrogens is 1. The van der Waals surface area contributed by atoms with E-state index in [-0.39, 0.29) is 24.8 Å². The van der Waals surface area contributed by atoms with Crippen molar-refractivity contribution >= 4 is 17.2 Å². The smallest absolute Gasteiger partial charge is 0.410 e. The first-order valence-corrected chi connectivity index (χ1v) is 10.1. The van der Waals surface area contributed by atoms with E-state index < -0.39 is 5.60 Å². The summed E-state index contributed by atoms with van der Waals surface area (Å²) >= 11 is 0. The van der Waals surface area contributed by atoms with Gasteiger partial charge in [-0.25, -0.2) is 9.78 Å². The number of aliphatic hydroxyl groups is 1. The van der Waals surface area contributed by atoms with Crippen LogP contribution in [0.1, 0.15) is 42.7 Å². The van der Waals surface area contributed by atoms with Gasteiger partial charge in [0.05, 0.1) is 5.60 Å². The van der Waals surface area contributed by atoms with Crippen molar-refractivity contribution in [2.24, 2.45) is 0 Å². The highest BCUT2D eigenvalue weighted by Crippen LogP contribution is 2.46. The van der Waals surface area contributed by atoms with E-state index in [1.165, 1.54) is 0 Å². The van der Waals surface area contributed by atoms with Crippen LogP contribution in [0, 0.1) is 6.92 Å². The molecule has 150 valence electrons. The predicted molar refractivity (Wildman–Crippen MR) is 107 cm³/mol. The fourth-order valence-electron chi connectivity index (χ4n) is 4.88. The van der Waals surface area contributed by atoms with Gasteiger partial charge in [-0.15, -0.1) is 0 Å². The van der Waals surface area contributed by atoms with Crippen molar-refractivity contribution in [2.45, 2.75) is 56.9 Å². The Bertz CT molecular complexity index is 1030. The summed E-state index contributed by atoms with van der Waals surface area (Å²) in [4.78, 5) is 19.0. The van der Waals surface area contributed by atoms with Crippen molar-refractivity contribution in [1.82, 2.24) is 9.88 Å². The van der Waals surface area contributed by atoms with Gasteiger partial charge in [0, 0.05) is 31.8 Å². The van der Waals surface area contributed by atoms with E-state index in [2.05, 4.69) is 4.98 Å². The maximum absolute atomic E-state index is 12.8. The number of piperidine rings is 1. The Hall–Kier alpha value is -2.86. The summed E-state index contributed by atoms with van der Waals surface area (Å²) in [7, 11) is 0. The van der Waals surface area contributed by atoms with Gasteiger partial charge in [0.25, 0.3) is 0 Å². The van der Waals surface area contributed by atoms with Crippen LogP contribution in [0.4, 0.5) is 4.79 Å². The van der Waals surface area contributed by atoms with Gasteiger partial charge in [0.2, 0.25) is 0 Å². The highest BCUT2D eigenvalue weighted by Gasteiger charge is 2.50. The summed E-state index contributed by atoms with van der Waals surface area (Å²) in [5, 5.41) is 11.5. The highest BCUT2D eigenvalue weighted by atomic mass is 16.6. The standard InChI is InChI=1S/C23H24N2O4/c1-15-24-20-11-17(7-10-21(20)29-15)23(27)12-18-8-9-19(13-23)25(18)22(26)28-14-16-5-3-2-4-6-16/h2-7,10-11,18-19,27H,8-9,12-14H2,1H3. The Labute approximate surface area is 169 Å². The minimum absolute atomic E-state index is 0.0169. The lowest BCUT2D eigenvalue weighted by atomic mass is 9.80. The largest absolute Gasteiger partial charge is 0.445 e. The second kappa shape index (κ2) is 6.88. The summed E-state index contributed by atoms with van der Waals surface area (Å²) in [5.41, 5.74) is 2.32. The number of carbonyl (C=O) groups is 1. The van der Waals surface area contributed by atoms with E-state index in [1.54, 1.807) is 0 Å². The van der Waals surface area contributed by atoms with E-state index in [0.29, 0.717) is 18.7 Å². The second-order valence-electron chi connectivity index (χ2n) is 8.19. The number of hydrogen-bond donors (Lipinski definition) is 1. The lowest BCUT2D eigenvalue weighted by Crippen LogP contribution is -2.52. The number of nitrogens with zero attached hydrogens (tertiary/aromatic N) is 2. The van der Waals surface area contributed by atoms with Crippen molar-refractivity contribution < 1.29 is 19.1 Å². The van der Waals surface area contributed by atoms with Crippen LogP contribution in [-0.2, 0) is 16.9 Å². The first-order chi connectivity index (χ1) is 14.0. The number of amides is 1. The van der Waals surface area contributed by atoms with Crippen LogP contribution in [0.15, 0.2) is 52.9 Å². The molecular weight excluding hydrogens is 368 g/mol. The first-order valence-electron chi connectivity index (χ1n) is 10.1. The first kappa shape index (κ1) is 18.2. The molecule has 1 aromatic heterocycles. The van der Waals surface area contributed by atoms with E-state index in [0.717, 1.165) is 35.1 Å². The van der Waals surface area contributed by atoms with Crippen LogP contribution in [-0.4, -0.2) is 33.2 Å². The number of carbonyl (C=O) groups excluding carboxylic acids is 1. The zero-order valence-electron chi connectivity index (χ0n) is 16.4. The fraction of sp³-hybridized carbons (Fsp3) is 0.391. The van der Waals surface area contributed by atoms with Crippen molar-refractivity contribution in [2.75, 3.05) is 0 Å². The molecule has 1 amide bonds. The molecule has 1 N–H and O–H groups in total. The summed E-state index contributed by atoms with van der Waals surface area (Å²) in [6, 6.07) is 15.3. The molecule has 3 aromatic rings. The summed E-state index contributed by atoms with van der Waals surface area (Å²) in [5.74, 6) is 0.611. The number of rotatable bonds is 3. The van der Waals surface area contributed by atoms with Crippen molar-refractivity contribution in [3.05, 3.63) is 65.5 Å². The summed E-state index contributed by atoms with van der Waals surface area (Å²) in [6.07, 6.45) is 2.50. The number of benzene rings is 2. The van der Waals surface area contributed by atoms with Crippen LogP contribution in [0.25, 0.3) is 11.1 Å². The maximum atomic E-state index is 12.8. The Kier molecular flexibility index (Phi) is 4.32. The Morgan fingerprint density at radius 2 is 1.93 bits per heavy atom. The molecule has 2 bridgehead atoms. The molecule has 2 saturated heterocycles. The molecule has 6 heteroatoms. The van der Waals surface area contributed by atoms with Gasteiger partial charge in [-0.05, 0) is 36.1 Å². The van der Waals surface area contributed by atoms with Crippen LogP contribution in [0.5, 0.6) is 0 Å². The van der Waals surface area contributed by atoms with E-state index in [1.807, 2.05) is 60.4 Å². The molecule has 2 aliphatic rings. The lowest BCUT2D eigenvalue weighted by molar-refractivity contribution is -0.0536. The Morgan fingerprint density at radius 1 is 1.21 bits per heavy atom. The molecule has 2 unspecified atom stereocenters. The number of fused-ring (bicyclic) bond motifs is 3. The average Bonchev–Trinajstić information content (AvgIpc) is 3.23. The van der Waals surface area contributed by atoms with E-state index >= 15 is 0 Å². The Morgan fingerprint density at radius 3 is 2.66 bits per heavy atom. The van der Waals surface area contributed by atoms with Gasteiger partial charge in [-0.1, -0.05) is 36.4 Å². The fourth-order valence-corrected chi connectivity index (χ4v) is 4.88. The molecule has 0 saturated carbocycles. The summed E-state index contributed by atoms with van der Waals surface area (Å²) in [6.45, 7) is 2.08. The minimum Gasteiger partial charge on any atom is -0.445 e. The highest BCUT2D eigenvalue weighted by molar-refractivity contribution is 5.74. The zero-order chi connectivity index (χ0) is 20.0. The molecule has 5 rings (SSSR count). The average molecular weight is 392 g/mol. The third-order valence-electron chi connectivity index (χ3n) is 6.21. The molecular formula is C23H24N2O4. The topological polar surface area (TPSA) is 75.8 Å². The number of oxazole rings is 1. The molecule has 2 fully saturated rings. The van der Waals surface area contributed by atoms with Crippen LogP contribution < -0.4 is 0 Å². The third kappa shape index (κ3) is 3.27. The monoisotopic (exact) mass is 392 g/mol. The number of aryl methyl sites for hydroxylation is 1. The van der Waals surface area contributed by atoms with Gasteiger partial charge in [0.15, 0.2) is 11.5 Å². The van der Waals surface area contributed by atoms with Gasteiger partial charge < -0.3 is 19.2 Å². The summed E-state index contributed by atoms with van der Waals surface area (Å²) < 4.78 is 11.1. The molecule has 2 aliphatic heterocycles. The second-order valence-corrected chi connectivity index (χ2v) is 8.19. The van der Waals surface area contributed by atoms with E-state index in [4.69, 9.17) is 9.15 Å². The predicted octanol–water partition coefficient (Wildman–Crippen LogP) is 4.29. The van der Waals surface area contributed by atoms with Gasteiger partial charge in [-0.3, -0.25) is 0 Å². The van der Waals surface area contributed by atoms with Crippen LogP contribution in [0.2, 0.25) is 0 Å². The van der Waals surface area contributed by atoms with Gasteiger partial charge in [-0.2, -0.15) is 0 Å². The number of ether oxygens (including phenoxy) is 1. The van der Waals surface area contributed by atoms with Gasteiger partial charge >= 0.3 is 6.09 Å². The molecule has 0 radical (unpaired) electrons. The molecule has 6 nitrogen and oxygen atoms in total. The molecule has 2 aromatic carbocycles. The van der Waals surface area contributed by atoms with Gasteiger partial charge in [0.1, 0.15) is 12.1 Å². The van der Waals surface area contributed by atoms with Crippen molar-refractivity contribution in [3.8, 4) is 0 Å². The molecule has 2 atom stereocenters. The maximum Gasteiger partial charge on any atom is 0.410 e. The van der Waals surface area contributed by atoms with E-state index in [9.17, 15) is 9.90 Å². The lowest BCUT2D eigenvalue weighted by Gasteiger charge is -2.43. The Balaban J connectivity index is 1.32. The van der Waals surface area contributed by atoms with Crippen molar-refractivity contribution in [3.63, 3.8) is 0 Å². The third-order valence-corrected chi connectivity index (χ3v) is 6.21. The quantitative estimate of drug-likeness (QED) is 0.720. The molecule has 29 heavy (non-hydrogen) atoms. The SMILES string of the molecule is Cc1nc2cc(C3(O)CC4CCC(C3)N4C(=O)OCc3ccccc3)ccc2o1.